The van der Waals surface area contributed by atoms with E-state index in [9.17, 15) is 14.4 Å². The second-order valence-corrected chi connectivity index (χ2v) is 7.90. The van der Waals surface area contributed by atoms with Crippen LogP contribution in [0.25, 0.3) is 5.69 Å². The van der Waals surface area contributed by atoms with Crippen molar-refractivity contribution < 1.29 is 14.4 Å². The second kappa shape index (κ2) is 7.39. The van der Waals surface area contributed by atoms with Crippen LogP contribution in [-0.2, 0) is 16.9 Å². The molecule has 8 nitrogen and oxygen atoms in total. The van der Waals surface area contributed by atoms with Crippen LogP contribution < -0.4 is 11.1 Å². The molecular weight excluding hydrogens is 394 g/mol. The molecule has 1 atom stereocenters. The van der Waals surface area contributed by atoms with E-state index in [1.807, 2.05) is 48.9 Å². The Balaban J connectivity index is 1.56. The first-order valence-corrected chi connectivity index (χ1v) is 9.86. The van der Waals surface area contributed by atoms with Crippen molar-refractivity contribution in [2.45, 2.75) is 32.9 Å². The van der Waals surface area contributed by atoms with E-state index in [-0.39, 0.29) is 18.0 Å². The van der Waals surface area contributed by atoms with Crippen molar-refractivity contribution >= 4 is 17.8 Å². The third-order valence-corrected chi connectivity index (χ3v) is 5.53. The Kier molecular flexibility index (Phi) is 4.85. The zero-order valence-corrected chi connectivity index (χ0v) is 17.5. The molecule has 0 bridgehead atoms. The Hall–Kier alpha value is -3.94. The van der Waals surface area contributed by atoms with E-state index >= 15 is 0 Å². The van der Waals surface area contributed by atoms with Crippen LogP contribution in [0.2, 0.25) is 0 Å². The van der Waals surface area contributed by atoms with Crippen LogP contribution in [0.4, 0.5) is 4.79 Å². The minimum Gasteiger partial charge on any atom is -0.366 e. The zero-order valence-electron chi connectivity index (χ0n) is 17.5. The third kappa shape index (κ3) is 3.56. The van der Waals surface area contributed by atoms with Gasteiger partial charge in [-0.15, -0.1) is 0 Å². The number of nitrogens with one attached hydrogen (secondary N) is 1. The summed E-state index contributed by atoms with van der Waals surface area (Å²) in [5.41, 5.74) is 8.53. The summed E-state index contributed by atoms with van der Waals surface area (Å²) < 4.78 is 1.84. The Morgan fingerprint density at radius 2 is 1.81 bits per heavy atom. The predicted octanol–water partition coefficient (Wildman–Crippen LogP) is 2.56. The fourth-order valence-corrected chi connectivity index (χ4v) is 3.84. The number of benzene rings is 2. The minimum absolute atomic E-state index is 0.132. The second-order valence-electron chi connectivity index (χ2n) is 7.90. The Labute approximate surface area is 179 Å². The van der Waals surface area contributed by atoms with Crippen molar-refractivity contribution in [2.75, 3.05) is 0 Å². The summed E-state index contributed by atoms with van der Waals surface area (Å²) in [5, 5.41) is 7.22. The number of urea groups is 1. The van der Waals surface area contributed by atoms with Gasteiger partial charge in [0.05, 0.1) is 17.9 Å². The van der Waals surface area contributed by atoms with E-state index in [1.165, 1.54) is 11.0 Å². The molecule has 1 saturated heterocycles. The number of amides is 4. The van der Waals surface area contributed by atoms with Gasteiger partial charge in [0.25, 0.3) is 5.91 Å². The predicted molar refractivity (Wildman–Crippen MR) is 114 cm³/mol. The molecule has 1 unspecified atom stereocenters. The van der Waals surface area contributed by atoms with Crippen molar-refractivity contribution in [2.24, 2.45) is 5.73 Å². The van der Waals surface area contributed by atoms with Gasteiger partial charge in [0.15, 0.2) is 0 Å². The highest BCUT2D eigenvalue weighted by Crippen LogP contribution is 2.30. The van der Waals surface area contributed by atoms with Crippen LogP contribution in [-0.4, -0.2) is 32.5 Å². The first kappa shape index (κ1) is 20.3. The quantitative estimate of drug-likeness (QED) is 0.622. The molecule has 8 heteroatoms. The maximum Gasteiger partial charge on any atom is 0.325 e. The van der Waals surface area contributed by atoms with Crippen molar-refractivity contribution in [3.05, 3.63) is 82.7 Å². The molecule has 2 aromatic carbocycles. The lowest BCUT2D eigenvalue weighted by Crippen LogP contribution is -2.41. The molecule has 2 heterocycles. The van der Waals surface area contributed by atoms with E-state index in [1.54, 1.807) is 25.1 Å². The highest BCUT2D eigenvalue weighted by Gasteiger charge is 2.49. The minimum atomic E-state index is -1.27. The SMILES string of the molecule is Cc1cc(C)n(-c2ccc(CN3C(=O)NC(C)(c4cccc(C(N)=O)c4)C3=O)cc2)n1. The Bertz CT molecular complexity index is 1200. The molecule has 31 heavy (non-hydrogen) atoms. The molecular formula is C23H23N5O3. The number of rotatable bonds is 5. The lowest BCUT2D eigenvalue weighted by Gasteiger charge is -2.22. The van der Waals surface area contributed by atoms with Crippen LogP contribution in [0.5, 0.6) is 0 Å². The Morgan fingerprint density at radius 1 is 1.10 bits per heavy atom. The van der Waals surface area contributed by atoms with Gasteiger partial charge in [-0.25, -0.2) is 9.48 Å². The molecule has 1 fully saturated rings. The average molecular weight is 417 g/mol. The number of imide groups is 1. The number of carbonyl (C=O) groups is 3. The van der Waals surface area contributed by atoms with Crippen molar-refractivity contribution in [1.82, 2.24) is 20.0 Å². The van der Waals surface area contributed by atoms with Gasteiger partial charge in [-0.1, -0.05) is 24.3 Å². The van der Waals surface area contributed by atoms with Gasteiger partial charge in [0.1, 0.15) is 5.54 Å². The molecule has 158 valence electrons. The summed E-state index contributed by atoms with van der Waals surface area (Å²) in [6, 6.07) is 15.5. The van der Waals surface area contributed by atoms with Gasteiger partial charge in [-0.3, -0.25) is 14.5 Å². The standard InChI is InChI=1S/C23H23N5O3/c1-14-11-15(2)28(26-14)19-9-7-16(8-10-19)13-27-21(30)23(3,25-22(27)31)18-6-4-5-17(12-18)20(24)29/h4-12H,13H2,1-3H3,(H2,24,29)(H,25,31). The molecule has 1 aromatic heterocycles. The number of aryl methyl sites for hydroxylation is 2. The molecule has 1 aliphatic heterocycles. The van der Waals surface area contributed by atoms with Gasteiger partial charge in [-0.2, -0.15) is 5.10 Å². The van der Waals surface area contributed by atoms with E-state index in [0.29, 0.717) is 5.56 Å². The van der Waals surface area contributed by atoms with E-state index in [0.717, 1.165) is 22.6 Å². The van der Waals surface area contributed by atoms with Crippen molar-refractivity contribution in [1.29, 1.82) is 0 Å². The van der Waals surface area contributed by atoms with Crippen molar-refractivity contribution in [3.8, 4) is 5.69 Å². The van der Waals surface area contributed by atoms with Gasteiger partial charge >= 0.3 is 6.03 Å². The van der Waals surface area contributed by atoms with Crippen LogP contribution in [0.3, 0.4) is 0 Å². The molecule has 3 aromatic rings. The number of nitrogens with zero attached hydrogens (tertiary/aromatic N) is 3. The zero-order chi connectivity index (χ0) is 22.3. The number of nitrogens with two attached hydrogens (primary N) is 1. The Morgan fingerprint density at radius 3 is 2.42 bits per heavy atom. The molecule has 4 amide bonds. The fraction of sp³-hybridized carbons (Fsp3) is 0.217. The molecule has 0 spiro atoms. The maximum absolute atomic E-state index is 13.2. The maximum atomic E-state index is 13.2. The lowest BCUT2D eigenvalue weighted by molar-refractivity contribution is -0.131. The topological polar surface area (TPSA) is 110 Å². The molecule has 3 N–H and O–H groups in total. The van der Waals surface area contributed by atoms with Crippen molar-refractivity contribution in [3.63, 3.8) is 0 Å². The largest absolute Gasteiger partial charge is 0.366 e. The number of hydrogen-bond donors (Lipinski definition) is 2. The van der Waals surface area contributed by atoms with Crippen LogP contribution >= 0.6 is 0 Å². The highest BCUT2D eigenvalue weighted by atomic mass is 16.2. The van der Waals surface area contributed by atoms with E-state index in [2.05, 4.69) is 10.4 Å². The molecule has 0 saturated carbocycles. The number of carbonyl (C=O) groups excluding carboxylic acids is 3. The lowest BCUT2D eigenvalue weighted by atomic mass is 9.90. The normalized spacial score (nSPS) is 18.4. The summed E-state index contributed by atoms with van der Waals surface area (Å²) in [6.45, 7) is 5.67. The number of hydrogen-bond acceptors (Lipinski definition) is 4. The average Bonchev–Trinajstić information content (AvgIpc) is 3.19. The molecule has 0 radical (unpaired) electrons. The van der Waals surface area contributed by atoms with E-state index in [4.69, 9.17) is 5.73 Å². The number of primary amides is 1. The first-order valence-electron chi connectivity index (χ1n) is 9.86. The van der Waals surface area contributed by atoms with Crippen LogP contribution in [0, 0.1) is 13.8 Å². The summed E-state index contributed by atoms with van der Waals surface area (Å²) in [5.74, 6) is -0.983. The summed E-state index contributed by atoms with van der Waals surface area (Å²) in [4.78, 5) is 38.5. The first-order chi connectivity index (χ1) is 14.7. The van der Waals surface area contributed by atoms with Gasteiger partial charge in [0, 0.05) is 11.3 Å². The molecule has 4 rings (SSSR count). The number of aromatic nitrogens is 2. The summed E-state index contributed by atoms with van der Waals surface area (Å²) in [6.07, 6.45) is 0. The third-order valence-electron chi connectivity index (χ3n) is 5.53. The summed E-state index contributed by atoms with van der Waals surface area (Å²) >= 11 is 0. The van der Waals surface area contributed by atoms with Crippen LogP contribution in [0.15, 0.2) is 54.6 Å². The van der Waals surface area contributed by atoms with Gasteiger partial charge < -0.3 is 11.1 Å². The fourth-order valence-electron chi connectivity index (χ4n) is 3.84. The summed E-state index contributed by atoms with van der Waals surface area (Å²) in [7, 11) is 0. The smallest absolute Gasteiger partial charge is 0.325 e. The monoisotopic (exact) mass is 417 g/mol. The molecule has 0 aliphatic carbocycles. The highest BCUT2D eigenvalue weighted by molar-refractivity contribution is 6.07. The van der Waals surface area contributed by atoms with Gasteiger partial charge in [-0.05, 0) is 62.2 Å². The van der Waals surface area contributed by atoms with Gasteiger partial charge in [0.2, 0.25) is 5.91 Å². The van der Waals surface area contributed by atoms with Crippen LogP contribution in [0.1, 0.15) is 39.8 Å². The molecule has 1 aliphatic rings. The van der Waals surface area contributed by atoms with E-state index < -0.39 is 17.5 Å².